The standard InChI is InChI=1S/C25H28F3NO5/c1-15(19-5-3-4-6-21(19)33-2)34-22-12-11-18(13-20(22)25(26,27)28)23(30)29-14-16-7-9-17(10-8-16)24(31)32/h3-6,11-13,15-17H,7-10,14H2,1-2H3,(H,29,30)(H,31,32). The van der Waals surface area contributed by atoms with E-state index in [0.29, 0.717) is 37.0 Å². The normalized spacial score (nSPS) is 19.2. The van der Waals surface area contributed by atoms with Crippen molar-refractivity contribution in [1.82, 2.24) is 5.32 Å². The average molecular weight is 479 g/mol. The highest BCUT2D eigenvalue weighted by atomic mass is 19.4. The van der Waals surface area contributed by atoms with Gasteiger partial charge in [0.15, 0.2) is 0 Å². The van der Waals surface area contributed by atoms with Crippen LogP contribution in [0.3, 0.4) is 0 Å². The van der Waals surface area contributed by atoms with Gasteiger partial charge in [-0.1, -0.05) is 18.2 Å². The Kier molecular flexibility index (Phi) is 8.06. The molecule has 9 heteroatoms. The van der Waals surface area contributed by atoms with Crippen LogP contribution in [0, 0.1) is 11.8 Å². The molecule has 0 spiro atoms. The minimum absolute atomic E-state index is 0.103. The fourth-order valence-corrected chi connectivity index (χ4v) is 4.20. The fraction of sp³-hybridized carbons (Fsp3) is 0.440. The second kappa shape index (κ2) is 10.8. The maximum Gasteiger partial charge on any atom is 0.419 e. The summed E-state index contributed by atoms with van der Waals surface area (Å²) in [5.74, 6) is -1.58. The third kappa shape index (κ3) is 6.21. The minimum atomic E-state index is -4.72. The molecule has 1 unspecified atom stereocenters. The number of aliphatic carboxylic acids is 1. The number of para-hydroxylation sites is 1. The molecule has 6 nitrogen and oxygen atoms in total. The van der Waals surface area contributed by atoms with E-state index in [2.05, 4.69) is 5.32 Å². The monoisotopic (exact) mass is 479 g/mol. The molecule has 2 aromatic rings. The zero-order chi connectivity index (χ0) is 24.9. The maximum atomic E-state index is 13.8. The van der Waals surface area contributed by atoms with E-state index in [1.807, 2.05) is 0 Å². The number of carbonyl (C=O) groups is 2. The Labute approximate surface area is 196 Å². The number of alkyl halides is 3. The van der Waals surface area contributed by atoms with E-state index >= 15 is 0 Å². The van der Waals surface area contributed by atoms with Gasteiger partial charge >= 0.3 is 12.1 Å². The lowest BCUT2D eigenvalue weighted by Crippen LogP contribution is -2.32. The fourth-order valence-electron chi connectivity index (χ4n) is 4.20. The van der Waals surface area contributed by atoms with Crippen LogP contribution >= 0.6 is 0 Å². The zero-order valence-electron chi connectivity index (χ0n) is 19.0. The molecule has 0 bridgehead atoms. The summed E-state index contributed by atoms with van der Waals surface area (Å²) in [7, 11) is 1.47. The topological polar surface area (TPSA) is 84.9 Å². The van der Waals surface area contributed by atoms with Gasteiger partial charge in [0.1, 0.15) is 17.6 Å². The molecule has 1 fully saturated rings. The molecule has 1 aliphatic rings. The molecule has 2 aromatic carbocycles. The Morgan fingerprint density at radius 3 is 2.38 bits per heavy atom. The Bertz CT molecular complexity index is 1020. The van der Waals surface area contributed by atoms with Crippen molar-refractivity contribution in [2.24, 2.45) is 11.8 Å². The summed E-state index contributed by atoms with van der Waals surface area (Å²) in [6.45, 7) is 1.91. The van der Waals surface area contributed by atoms with E-state index in [4.69, 9.17) is 14.6 Å². The summed E-state index contributed by atoms with van der Waals surface area (Å²) in [5, 5.41) is 11.8. The Hall–Kier alpha value is -3.23. The van der Waals surface area contributed by atoms with Crippen LogP contribution in [0.1, 0.15) is 60.2 Å². The number of halogens is 3. The lowest BCUT2D eigenvalue weighted by Gasteiger charge is -2.26. The van der Waals surface area contributed by atoms with E-state index < -0.39 is 29.7 Å². The molecular formula is C25H28F3NO5. The van der Waals surface area contributed by atoms with E-state index in [1.165, 1.54) is 13.2 Å². The molecule has 0 aliphatic heterocycles. The highest BCUT2D eigenvalue weighted by Gasteiger charge is 2.36. The number of rotatable bonds is 8. The maximum absolute atomic E-state index is 13.8. The molecule has 2 N–H and O–H groups in total. The molecule has 0 heterocycles. The number of hydrogen-bond acceptors (Lipinski definition) is 4. The van der Waals surface area contributed by atoms with Crippen LogP contribution < -0.4 is 14.8 Å². The lowest BCUT2D eigenvalue weighted by atomic mass is 9.82. The number of hydrogen-bond donors (Lipinski definition) is 2. The van der Waals surface area contributed by atoms with Crippen LogP contribution in [0.5, 0.6) is 11.5 Å². The number of benzene rings is 2. The molecule has 3 rings (SSSR count). The van der Waals surface area contributed by atoms with Crippen LogP contribution in [0.25, 0.3) is 0 Å². The van der Waals surface area contributed by atoms with Crippen molar-refractivity contribution < 1.29 is 37.3 Å². The number of carboxylic acids is 1. The van der Waals surface area contributed by atoms with E-state index in [-0.39, 0.29) is 29.7 Å². The van der Waals surface area contributed by atoms with Crippen molar-refractivity contribution in [3.8, 4) is 11.5 Å². The van der Waals surface area contributed by atoms with Crippen molar-refractivity contribution in [3.05, 3.63) is 59.2 Å². The molecule has 1 saturated carbocycles. The van der Waals surface area contributed by atoms with Crippen LogP contribution in [0.15, 0.2) is 42.5 Å². The predicted molar refractivity (Wildman–Crippen MR) is 119 cm³/mol. The second-order valence-corrected chi connectivity index (χ2v) is 8.48. The molecular weight excluding hydrogens is 451 g/mol. The first kappa shape index (κ1) is 25.4. The first-order valence-electron chi connectivity index (χ1n) is 11.1. The summed E-state index contributed by atoms with van der Waals surface area (Å²) in [6.07, 6.45) is -3.08. The lowest BCUT2D eigenvalue weighted by molar-refractivity contribution is -0.143. The predicted octanol–water partition coefficient (Wildman–Crippen LogP) is 5.47. The molecule has 0 saturated heterocycles. The van der Waals surface area contributed by atoms with Crippen LogP contribution in [0.4, 0.5) is 13.2 Å². The van der Waals surface area contributed by atoms with Gasteiger partial charge in [-0.2, -0.15) is 13.2 Å². The van der Waals surface area contributed by atoms with Crippen molar-refractivity contribution in [2.45, 2.75) is 44.9 Å². The molecule has 1 atom stereocenters. The van der Waals surface area contributed by atoms with Gasteiger partial charge in [-0.3, -0.25) is 9.59 Å². The molecule has 0 aromatic heterocycles. The van der Waals surface area contributed by atoms with Crippen LogP contribution in [-0.2, 0) is 11.0 Å². The largest absolute Gasteiger partial charge is 0.496 e. The number of carboxylic acid groups (broad SMARTS) is 1. The highest BCUT2D eigenvalue weighted by molar-refractivity contribution is 5.94. The Balaban J connectivity index is 1.70. The van der Waals surface area contributed by atoms with Crippen molar-refractivity contribution in [2.75, 3.05) is 13.7 Å². The summed E-state index contributed by atoms with van der Waals surface area (Å²) in [4.78, 5) is 23.6. The van der Waals surface area contributed by atoms with E-state index in [9.17, 15) is 22.8 Å². The van der Waals surface area contributed by atoms with Crippen molar-refractivity contribution in [1.29, 1.82) is 0 Å². The zero-order valence-corrected chi connectivity index (χ0v) is 19.0. The van der Waals surface area contributed by atoms with Gasteiger partial charge in [0.2, 0.25) is 0 Å². The van der Waals surface area contributed by atoms with Crippen molar-refractivity contribution >= 4 is 11.9 Å². The number of nitrogens with one attached hydrogen (secondary N) is 1. The molecule has 184 valence electrons. The van der Waals surface area contributed by atoms with Gasteiger partial charge < -0.3 is 19.9 Å². The smallest absolute Gasteiger partial charge is 0.419 e. The summed E-state index contributed by atoms with van der Waals surface area (Å²) in [5.41, 5.74) is -0.565. The minimum Gasteiger partial charge on any atom is -0.496 e. The van der Waals surface area contributed by atoms with Gasteiger partial charge in [-0.25, -0.2) is 0 Å². The number of ether oxygens (including phenoxy) is 2. The third-order valence-electron chi connectivity index (χ3n) is 6.18. The molecule has 0 radical (unpaired) electrons. The van der Waals surface area contributed by atoms with Gasteiger partial charge in [0.25, 0.3) is 5.91 Å². The molecule has 1 amide bonds. The summed E-state index contributed by atoms with van der Waals surface area (Å²) >= 11 is 0. The first-order valence-corrected chi connectivity index (χ1v) is 11.1. The van der Waals surface area contributed by atoms with Crippen LogP contribution in [0.2, 0.25) is 0 Å². The summed E-state index contributed by atoms with van der Waals surface area (Å²) < 4.78 is 52.3. The van der Waals surface area contributed by atoms with Crippen molar-refractivity contribution in [3.63, 3.8) is 0 Å². The average Bonchev–Trinajstić information content (AvgIpc) is 2.82. The van der Waals surface area contributed by atoms with Gasteiger partial charge in [0.05, 0.1) is 18.6 Å². The Morgan fingerprint density at radius 1 is 1.09 bits per heavy atom. The van der Waals surface area contributed by atoms with Gasteiger partial charge in [0, 0.05) is 17.7 Å². The molecule has 1 aliphatic carbocycles. The highest BCUT2D eigenvalue weighted by Crippen LogP contribution is 2.39. The Morgan fingerprint density at radius 2 is 1.76 bits per heavy atom. The number of carbonyl (C=O) groups excluding carboxylic acids is 1. The quantitative estimate of drug-likeness (QED) is 0.524. The molecule has 34 heavy (non-hydrogen) atoms. The van der Waals surface area contributed by atoms with Gasteiger partial charge in [-0.05, 0) is 62.8 Å². The second-order valence-electron chi connectivity index (χ2n) is 8.48. The number of methoxy groups -OCH3 is 1. The first-order chi connectivity index (χ1) is 16.1. The number of amides is 1. The van der Waals surface area contributed by atoms with E-state index in [0.717, 1.165) is 12.1 Å². The third-order valence-corrected chi connectivity index (χ3v) is 6.18. The SMILES string of the molecule is COc1ccccc1C(C)Oc1ccc(C(=O)NCC2CCC(C(=O)O)CC2)cc1C(F)(F)F. The van der Waals surface area contributed by atoms with Gasteiger partial charge in [-0.15, -0.1) is 0 Å². The van der Waals surface area contributed by atoms with Crippen LogP contribution in [-0.4, -0.2) is 30.6 Å². The summed E-state index contributed by atoms with van der Waals surface area (Å²) in [6, 6.07) is 10.1. The van der Waals surface area contributed by atoms with E-state index in [1.54, 1.807) is 31.2 Å².